The Balaban J connectivity index is 0.845. The maximum absolute atomic E-state index is 16.4. The molecule has 1 spiro atoms. The van der Waals surface area contributed by atoms with E-state index in [0.717, 1.165) is 103 Å². The van der Waals surface area contributed by atoms with Gasteiger partial charge in [-0.25, -0.2) is 9.82 Å². The number of nitrogens with one attached hydrogen (secondary N) is 3. The standard InChI is InChI=1S/C63H83FN10O7/c1-6-73-52-18-15-42-30-47(52)49(57(73)48-31-46(33-65-53(48)38(2)79-5)70-22-20-69(21-23-70)45-16-17-45)32-62(3,4)37-80-61(78)50-12-9-19-74(68-50)59(76)51(28-39-26-43(42)29-44(64)27-39)66-58(75)56(41-10-7-8-11-41)71-24-25-81-63(34-71)35-72(36-63)60(77)55-54(67-55)40-13-14-40/h15,18,26-27,29-31,33,38,40-41,45,50-51,54-56,67-68H,6-14,16-17,19-25,28,32,34-37H2,1-5H3,(H,66,75)/t38-,50-,51-,54+,55+,56-/m0/s1. The Bertz CT molecular complexity index is 3070. The normalized spacial score (nSPS) is 27.2. The minimum atomic E-state index is -1.10. The summed E-state index contributed by atoms with van der Waals surface area (Å²) >= 11 is 0. The Hall–Kier alpha value is -5.50. The predicted octanol–water partition coefficient (Wildman–Crippen LogP) is 6.39. The third-order valence-electron chi connectivity index (χ3n) is 19.5. The summed E-state index contributed by atoms with van der Waals surface area (Å²) < 4.78 is 37.6. The van der Waals surface area contributed by atoms with Gasteiger partial charge in [-0.05, 0) is 136 Å². The molecule has 18 heteroatoms. The van der Waals surface area contributed by atoms with Gasteiger partial charge in [-0.1, -0.05) is 38.8 Å². The molecule has 8 heterocycles. The van der Waals surface area contributed by atoms with Crippen molar-refractivity contribution in [2.75, 3.05) is 84.1 Å². The highest BCUT2D eigenvalue weighted by Gasteiger charge is 2.57. The second-order valence-electron chi connectivity index (χ2n) is 26.1. The Morgan fingerprint density at radius 2 is 1.70 bits per heavy atom. The molecule has 5 saturated heterocycles. The van der Waals surface area contributed by atoms with Gasteiger partial charge in [-0.3, -0.25) is 44.3 Å². The molecule has 17 nitrogen and oxygen atoms in total. The zero-order chi connectivity index (χ0) is 55.9. The third-order valence-corrected chi connectivity index (χ3v) is 19.5. The van der Waals surface area contributed by atoms with E-state index in [-0.39, 0.29) is 42.9 Å². The number of carbonyl (C=O) groups excluding carboxylic acids is 4. The molecule has 0 unspecified atom stereocenters. The van der Waals surface area contributed by atoms with Crippen molar-refractivity contribution in [2.45, 2.75) is 159 Å². The quantitative estimate of drug-likeness (QED) is 0.105. The number of aromatic nitrogens is 2. The van der Waals surface area contributed by atoms with Crippen molar-refractivity contribution < 1.29 is 37.8 Å². The van der Waals surface area contributed by atoms with E-state index in [0.29, 0.717) is 88.2 Å². The lowest BCUT2D eigenvalue weighted by atomic mass is 9.84. The van der Waals surface area contributed by atoms with Crippen LogP contribution in [-0.4, -0.2) is 174 Å². The third kappa shape index (κ3) is 11.0. The number of halogens is 1. The molecule has 2 aromatic carbocycles. The molecule has 6 aliphatic heterocycles. The number of amides is 3. The van der Waals surface area contributed by atoms with Crippen LogP contribution in [0.2, 0.25) is 0 Å². The van der Waals surface area contributed by atoms with Gasteiger partial charge in [0.2, 0.25) is 11.8 Å². The molecule has 8 fully saturated rings. The molecule has 13 rings (SSSR count). The summed E-state index contributed by atoms with van der Waals surface area (Å²) in [5.74, 6) is -0.723. The number of hydrazine groups is 1. The zero-order valence-corrected chi connectivity index (χ0v) is 48.2. The number of esters is 1. The SMILES string of the molecule is CCn1c(-c2cc(N3CCN(C4CC4)CC3)cnc2[C@H](C)OC)c2c3cc(ccc31)-c1cc(F)cc(c1)C[C@H](NC(=O)[C@H](C1CCCC1)N1CCOC3(CN(C(=O)[C@@H]4N[C@@H]4C4CC4)C3)C1)C(=O)N1CCC[C@H](N1)C(=O)OCC(C)(C)C2. The van der Waals surface area contributed by atoms with Gasteiger partial charge in [0.05, 0.1) is 61.7 Å². The number of cyclic esters (lactones) is 1. The van der Waals surface area contributed by atoms with Crippen LogP contribution in [0.5, 0.6) is 0 Å². The highest BCUT2D eigenvalue weighted by molar-refractivity contribution is 5.96. The van der Waals surface area contributed by atoms with Crippen LogP contribution in [-0.2, 0) is 52.8 Å². The van der Waals surface area contributed by atoms with Crippen LogP contribution in [0.4, 0.5) is 10.1 Å². The van der Waals surface area contributed by atoms with E-state index in [1.54, 1.807) is 13.2 Å². The molecule has 3 saturated carbocycles. The minimum absolute atomic E-state index is 0.0126. The van der Waals surface area contributed by atoms with Crippen molar-refractivity contribution in [3.63, 3.8) is 0 Å². The van der Waals surface area contributed by atoms with Gasteiger partial charge < -0.3 is 33.9 Å². The molecule has 6 atom stereocenters. The highest BCUT2D eigenvalue weighted by atomic mass is 19.1. The fourth-order valence-corrected chi connectivity index (χ4v) is 14.8. The number of hydrogen-bond donors (Lipinski definition) is 3. The van der Waals surface area contributed by atoms with Crippen molar-refractivity contribution in [3.8, 4) is 22.4 Å². The molecule has 2 aromatic heterocycles. The van der Waals surface area contributed by atoms with Gasteiger partial charge in [0.15, 0.2) is 0 Å². The Kier molecular flexibility index (Phi) is 14.8. The molecule has 3 amide bonds. The molecular weight excluding hydrogens is 1030 g/mol. The van der Waals surface area contributed by atoms with E-state index < -0.39 is 46.8 Å². The number of aryl methyl sites for hydroxylation is 1. The first-order chi connectivity index (χ1) is 39.1. The number of carbonyl (C=O) groups is 4. The van der Waals surface area contributed by atoms with Crippen molar-refractivity contribution >= 4 is 40.3 Å². The molecule has 3 N–H and O–H groups in total. The van der Waals surface area contributed by atoms with Crippen LogP contribution in [0.25, 0.3) is 33.3 Å². The average Bonchev–Trinajstić information content (AvgIpc) is 4.52. The number of methoxy groups -OCH3 is 1. The van der Waals surface area contributed by atoms with Gasteiger partial charge in [0, 0.05) is 99.9 Å². The van der Waals surface area contributed by atoms with Crippen LogP contribution >= 0.6 is 0 Å². The summed E-state index contributed by atoms with van der Waals surface area (Å²) in [5.41, 5.74) is 10.2. The number of anilines is 1. The molecule has 4 aromatic rings. The number of nitrogens with zero attached hydrogens (tertiary/aromatic N) is 7. The summed E-state index contributed by atoms with van der Waals surface area (Å²) in [6, 6.07) is 12.1. The summed E-state index contributed by atoms with van der Waals surface area (Å²) in [6.45, 7) is 15.9. The molecule has 81 heavy (non-hydrogen) atoms. The van der Waals surface area contributed by atoms with Crippen molar-refractivity contribution in [1.29, 1.82) is 0 Å². The van der Waals surface area contributed by atoms with Crippen molar-refractivity contribution in [2.24, 2.45) is 17.3 Å². The second kappa shape index (κ2) is 21.9. The topological polar surface area (TPSA) is 176 Å². The van der Waals surface area contributed by atoms with E-state index in [2.05, 4.69) is 74.3 Å². The highest BCUT2D eigenvalue weighted by Crippen LogP contribution is 2.45. The fraction of sp³-hybridized carbons (Fsp3) is 0.635. The number of fused-ring (bicyclic) bond motifs is 6. The summed E-state index contributed by atoms with van der Waals surface area (Å²) in [4.78, 5) is 72.7. The van der Waals surface area contributed by atoms with Crippen LogP contribution < -0.4 is 21.0 Å². The Labute approximate surface area is 475 Å². The molecule has 3 aliphatic carbocycles. The summed E-state index contributed by atoms with van der Waals surface area (Å²) in [7, 11) is 1.72. The summed E-state index contributed by atoms with van der Waals surface area (Å²) in [5, 5.41) is 9.15. The monoisotopic (exact) mass is 1110 g/mol. The number of pyridine rings is 1. The number of likely N-dealkylation sites (tertiary alicyclic amines) is 1. The van der Waals surface area contributed by atoms with Gasteiger partial charge in [0.1, 0.15) is 29.5 Å². The van der Waals surface area contributed by atoms with E-state index in [4.69, 9.17) is 19.2 Å². The van der Waals surface area contributed by atoms with Gasteiger partial charge in [-0.2, -0.15) is 0 Å². The van der Waals surface area contributed by atoms with Crippen molar-refractivity contribution in [3.05, 3.63) is 71.3 Å². The predicted molar refractivity (Wildman–Crippen MR) is 306 cm³/mol. The lowest BCUT2D eigenvalue weighted by Crippen LogP contribution is -2.73. The Morgan fingerprint density at radius 3 is 2.44 bits per heavy atom. The van der Waals surface area contributed by atoms with E-state index in [1.165, 1.54) is 36.8 Å². The lowest BCUT2D eigenvalue weighted by molar-refractivity contribution is -0.197. The number of rotatable bonds is 12. The average molecular weight is 1110 g/mol. The number of piperazine rings is 1. The van der Waals surface area contributed by atoms with Crippen LogP contribution in [0.3, 0.4) is 0 Å². The van der Waals surface area contributed by atoms with E-state index in [1.807, 2.05) is 30.2 Å². The zero-order valence-electron chi connectivity index (χ0n) is 48.2. The number of benzene rings is 2. The van der Waals surface area contributed by atoms with Crippen LogP contribution in [0.15, 0.2) is 48.7 Å². The smallest absolute Gasteiger partial charge is 0.324 e. The largest absolute Gasteiger partial charge is 0.464 e. The van der Waals surface area contributed by atoms with E-state index >= 15 is 14.0 Å². The Morgan fingerprint density at radius 1 is 0.914 bits per heavy atom. The lowest BCUT2D eigenvalue weighted by Gasteiger charge is -2.55. The first-order valence-corrected chi connectivity index (χ1v) is 30.6. The molecule has 434 valence electrons. The van der Waals surface area contributed by atoms with E-state index in [9.17, 15) is 9.59 Å². The maximum atomic E-state index is 16.4. The number of ether oxygens (including phenoxy) is 3. The maximum Gasteiger partial charge on any atom is 0.324 e. The van der Waals surface area contributed by atoms with Crippen molar-refractivity contribution in [1.82, 2.24) is 45.3 Å². The second-order valence-corrected chi connectivity index (χ2v) is 26.1. The molecule has 6 bridgehead atoms. The van der Waals surface area contributed by atoms with Gasteiger partial charge in [0.25, 0.3) is 5.91 Å². The molecule has 9 aliphatic rings. The fourth-order valence-electron chi connectivity index (χ4n) is 14.8. The first-order valence-electron chi connectivity index (χ1n) is 30.6. The molecular formula is C63H83FN10O7. The first kappa shape index (κ1) is 54.7. The molecule has 0 radical (unpaired) electrons. The summed E-state index contributed by atoms with van der Waals surface area (Å²) in [6.07, 6.45) is 12.0. The minimum Gasteiger partial charge on any atom is -0.464 e. The van der Waals surface area contributed by atoms with Crippen LogP contribution in [0.1, 0.15) is 115 Å². The number of morpholine rings is 1. The number of hydrogen-bond acceptors (Lipinski definition) is 13. The van der Waals surface area contributed by atoms with Crippen LogP contribution in [0, 0.1) is 23.1 Å². The van der Waals surface area contributed by atoms with Gasteiger partial charge in [-0.15, -0.1) is 0 Å². The van der Waals surface area contributed by atoms with Gasteiger partial charge >= 0.3 is 5.97 Å².